The molecule has 2 aliphatic rings. The largest absolute Gasteiger partial charge is 0.357 e. The quantitative estimate of drug-likeness (QED) is 0.555. The highest BCUT2D eigenvalue weighted by Gasteiger charge is 2.34. The van der Waals surface area contributed by atoms with Crippen LogP contribution in [0.15, 0.2) is 30.4 Å². The van der Waals surface area contributed by atoms with E-state index in [-0.39, 0.29) is 12.2 Å². The van der Waals surface area contributed by atoms with Crippen molar-refractivity contribution in [1.29, 1.82) is 0 Å². The fraction of sp³-hybridized carbons (Fsp3) is 0.200. The van der Waals surface area contributed by atoms with Crippen LogP contribution in [0.3, 0.4) is 0 Å². The van der Waals surface area contributed by atoms with Crippen LogP contribution >= 0.6 is 11.6 Å². The first-order valence-electron chi connectivity index (χ1n) is 3.98. The van der Waals surface area contributed by atoms with Crippen molar-refractivity contribution < 1.29 is 4.74 Å². The van der Waals surface area contributed by atoms with Crippen LogP contribution in [0, 0.1) is 0 Å². The monoisotopic (exact) mass is 178 g/mol. The van der Waals surface area contributed by atoms with E-state index in [9.17, 15) is 0 Å². The molecule has 2 atom stereocenters. The van der Waals surface area contributed by atoms with Crippen molar-refractivity contribution in [3.8, 4) is 0 Å². The summed E-state index contributed by atoms with van der Waals surface area (Å²) in [6.07, 6.45) is 4.42. The highest BCUT2D eigenvalue weighted by atomic mass is 35.5. The molecule has 2 aliphatic heterocycles. The molecule has 0 aromatic heterocycles. The van der Waals surface area contributed by atoms with Gasteiger partial charge in [-0.2, -0.15) is 0 Å². The topological polar surface area (TPSA) is 9.23 Å². The maximum Gasteiger partial charge on any atom is 0.104 e. The van der Waals surface area contributed by atoms with Gasteiger partial charge in [-0.15, -0.1) is 0 Å². The van der Waals surface area contributed by atoms with Crippen LogP contribution < -0.4 is 0 Å². The van der Waals surface area contributed by atoms with Crippen LogP contribution in [0.25, 0.3) is 0 Å². The molecular formula is C10H7ClO. The SMILES string of the molecule is Clc1cccc2c1C1C=CC2O1. The molecule has 1 aromatic rings. The predicted molar refractivity (Wildman–Crippen MR) is 47.2 cm³/mol. The van der Waals surface area contributed by atoms with Crippen molar-refractivity contribution in [2.75, 3.05) is 0 Å². The Labute approximate surface area is 75.6 Å². The minimum atomic E-state index is 0.110. The first-order valence-corrected chi connectivity index (χ1v) is 4.36. The highest BCUT2D eigenvalue weighted by molar-refractivity contribution is 6.31. The molecule has 0 fully saturated rings. The number of ether oxygens (including phenoxy) is 1. The second-order valence-electron chi connectivity index (χ2n) is 3.10. The molecule has 60 valence electrons. The third-order valence-corrected chi connectivity index (χ3v) is 2.76. The Morgan fingerprint density at radius 1 is 1.17 bits per heavy atom. The van der Waals surface area contributed by atoms with Gasteiger partial charge in [-0.25, -0.2) is 0 Å². The van der Waals surface area contributed by atoms with Gasteiger partial charge in [-0.1, -0.05) is 35.9 Å². The Bertz CT molecular complexity index is 370. The fourth-order valence-corrected chi connectivity index (χ4v) is 2.18. The molecule has 2 heteroatoms. The van der Waals surface area contributed by atoms with Crippen LogP contribution in [0.5, 0.6) is 0 Å². The molecule has 12 heavy (non-hydrogen) atoms. The van der Waals surface area contributed by atoms with E-state index in [1.807, 2.05) is 12.1 Å². The van der Waals surface area contributed by atoms with Gasteiger partial charge in [0, 0.05) is 10.6 Å². The maximum absolute atomic E-state index is 6.05. The number of benzene rings is 1. The molecule has 0 N–H and O–H groups in total. The summed E-state index contributed by atoms with van der Waals surface area (Å²) in [6, 6.07) is 5.97. The normalized spacial score (nSPS) is 29.4. The summed E-state index contributed by atoms with van der Waals surface area (Å²) < 4.78 is 5.63. The lowest BCUT2D eigenvalue weighted by molar-refractivity contribution is 0.0879. The molecule has 1 nitrogen and oxygen atoms in total. The van der Waals surface area contributed by atoms with Crippen LogP contribution in [0.4, 0.5) is 0 Å². The molecule has 0 spiro atoms. The minimum Gasteiger partial charge on any atom is -0.357 e. The second kappa shape index (κ2) is 2.12. The summed E-state index contributed by atoms with van der Waals surface area (Å²) >= 11 is 6.05. The number of hydrogen-bond donors (Lipinski definition) is 0. The van der Waals surface area contributed by atoms with E-state index in [0.717, 1.165) is 10.6 Å². The molecule has 0 aliphatic carbocycles. The lowest BCUT2D eigenvalue weighted by atomic mass is 9.97. The lowest BCUT2D eigenvalue weighted by Crippen LogP contribution is -1.92. The molecular weight excluding hydrogens is 172 g/mol. The van der Waals surface area contributed by atoms with Gasteiger partial charge in [0.25, 0.3) is 0 Å². The lowest BCUT2D eigenvalue weighted by Gasteiger charge is -2.07. The van der Waals surface area contributed by atoms with E-state index in [1.165, 1.54) is 5.56 Å². The van der Waals surface area contributed by atoms with E-state index in [1.54, 1.807) is 0 Å². The summed E-state index contributed by atoms with van der Waals surface area (Å²) in [5.74, 6) is 0. The third kappa shape index (κ3) is 0.680. The van der Waals surface area contributed by atoms with Crippen molar-refractivity contribution in [3.63, 3.8) is 0 Å². The average molecular weight is 179 g/mol. The second-order valence-corrected chi connectivity index (χ2v) is 3.51. The van der Waals surface area contributed by atoms with E-state index >= 15 is 0 Å². The van der Waals surface area contributed by atoms with E-state index in [0.29, 0.717) is 0 Å². The van der Waals surface area contributed by atoms with Crippen molar-refractivity contribution in [2.24, 2.45) is 0 Å². The molecule has 2 unspecified atom stereocenters. The van der Waals surface area contributed by atoms with Crippen molar-refractivity contribution >= 4 is 11.6 Å². The molecule has 0 saturated heterocycles. The Morgan fingerprint density at radius 2 is 2.00 bits per heavy atom. The molecule has 0 amide bonds. The molecule has 0 radical (unpaired) electrons. The Morgan fingerprint density at radius 3 is 2.83 bits per heavy atom. The maximum atomic E-state index is 6.05. The van der Waals surface area contributed by atoms with E-state index in [4.69, 9.17) is 16.3 Å². The summed E-state index contributed by atoms with van der Waals surface area (Å²) in [5.41, 5.74) is 2.39. The Balaban J connectivity index is 2.30. The Hall–Kier alpha value is -0.790. The zero-order valence-corrected chi connectivity index (χ0v) is 7.08. The van der Waals surface area contributed by atoms with Gasteiger partial charge in [0.15, 0.2) is 0 Å². The Kier molecular flexibility index (Phi) is 1.18. The van der Waals surface area contributed by atoms with Gasteiger partial charge in [-0.05, 0) is 11.6 Å². The van der Waals surface area contributed by atoms with Crippen LogP contribution in [-0.4, -0.2) is 0 Å². The standard InChI is InChI=1S/C10H7ClO/c11-7-3-1-2-6-8-4-5-9(12-8)10(6)7/h1-5,8-9H. The van der Waals surface area contributed by atoms with Crippen molar-refractivity contribution in [1.82, 2.24) is 0 Å². The molecule has 3 rings (SSSR count). The fourth-order valence-electron chi connectivity index (χ4n) is 1.89. The minimum absolute atomic E-state index is 0.110. The number of hydrogen-bond acceptors (Lipinski definition) is 1. The average Bonchev–Trinajstić information content (AvgIpc) is 2.64. The predicted octanol–water partition coefficient (Wildman–Crippen LogP) is 3.02. The number of fused-ring (bicyclic) bond motifs is 5. The summed E-state index contributed by atoms with van der Waals surface area (Å²) in [7, 11) is 0. The van der Waals surface area contributed by atoms with Gasteiger partial charge in [0.2, 0.25) is 0 Å². The summed E-state index contributed by atoms with van der Waals surface area (Å²) in [5, 5.41) is 0.823. The van der Waals surface area contributed by atoms with Crippen LogP contribution in [0.2, 0.25) is 5.02 Å². The molecule has 2 heterocycles. The smallest absolute Gasteiger partial charge is 0.104 e. The van der Waals surface area contributed by atoms with Crippen molar-refractivity contribution in [2.45, 2.75) is 12.2 Å². The van der Waals surface area contributed by atoms with E-state index < -0.39 is 0 Å². The van der Waals surface area contributed by atoms with Gasteiger partial charge < -0.3 is 4.74 Å². The molecule has 2 bridgehead atoms. The molecule has 1 aromatic carbocycles. The molecule has 0 saturated carbocycles. The summed E-state index contributed by atoms with van der Waals surface area (Å²) in [4.78, 5) is 0. The van der Waals surface area contributed by atoms with Crippen LogP contribution in [-0.2, 0) is 4.74 Å². The van der Waals surface area contributed by atoms with E-state index in [2.05, 4.69) is 18.2 Å². The number of halogens is 1. The zero-order chi connectivity index (χ0) is 8.13. The van der Waals surface area contributed by atoms with Gasteiger partial charge in [-0.3, -0.25) is 0 Å². The number of rotatable bonds is 0. The first kappa shape index (κ1) is 6.70. The third-order valence-electron chi connectivity index (χ3n) is 2.43. The summed E-state index contributed by atoms with van der Waals surface area (Å²) in [6.45, 7) is 0. The zero-order valence-electron chi connectivity index (χ0n) is 6.33. The first-order chi connectivity index (χ1) is 5.86. The van der Waals surface area contributed by atoms with Gasteiger partial charge >= 0.3 is 0 Å². The van der Waals surface area contributed by atoms with Crippen LogP contribution in [0.1, 0.15) is 23.3 Å². The van der Waals surface area contributed by atoms with Crippen molar-refractivity contribution in [3.05, 3.63) is 46.5 Å². The van der Waals surface area contributed by atoms with Gasteiger partial charge in [0.05, 0.1) is 0 Å². The van der Waals surface area contributed by atoms with Gasteiger partial charge in [0.1, 0.15) is 12.2 Å². The highest BCUT2D eigenvalue weighted by Crippen LogP contribution is 2.48.